The molecule has 5 nitrogen and oxygen atoms in total. The van der Waals surface area contributed by atoms with Crippen LogP contribution in [0.1, 0.15) is 0 Å². The van der Waals surface area contributed by atoms with Gasteiger partial charge in [0.25, 0.3) is 0 Å². The number of aromatic nitrogens is 4. The van der Waals surface area contributed by atoms with Gasteiger partial charge in [0, 0.05) is 32.7 Å². The zero-order chi connectivity index (χ0) is 33.0. The maximum atomic E-state index is 6.70. The molecular formula is C45H28N4O. The summed E-state index contributed by atoms with van der Waals surface area (Å²) in [5.74, 6) is 1.73. The van der Waals surface area contributed by atoms with E-state index in [1.54, 1.807) is 0 Å². The van der Waals surface area contributed by atoms with Crippen molar-refractivity contribution in [1.29, 1.82) is 0 Å². The molecule has 0 radical (unpaired) electrons. The Kier molecular flexibility index (Phi) is 6.42. The number of nitrogens with zero attached hydrogens (tertiary/aromatic N) is 4. The smallest absolute Gasteiger partial charge is 0.238 e. The van der Waals surface area contributed by atoms with Gasteiger partial charge in [-0.3, -0.25) is 4.57 Å². The molecule has 0 saturated carbocycles. The molecule has 0 aliphatic rings. The van der Waals surface area contributed by atoms with Crippen molar-refractivity contribution in [3.63, 3.8) is 0 Å². The molecule has 0 aliphatic carbocycles. The standard InChI is InChI=1S/C45H28N4O/c1-4-15-29(16-5-1)33-23-14-26-39-41(33)42-36(30-17-6-2-7-18-30)27-32(28-40(42)50-39)44-46-43(31-19-8-3-9-20-31)47-45(48-44)49-37-24-12-10-21-34(37)35-22-11-13-25-38(35)49/h1-28H. The van der Waals surface area contributed by atoms with Crippen molar-refractivity contribution in [1.82, 2.24) is 19.5 Å². The van der Waals surface area contributed by atoms with Crippen LogP contribution in [-0.2, 0) is 0 Å². The van der Waals surface area contributed by atoms with Crippen molar-refractivity contribution < 1.29 is 4.42 Å². The summed E-state index contributed by atoms with van der Waals surface area (Å²) in [5, 5.41) is 4.45. The Morgan fingerprint density at radius 3 is 1.54 bits per heavy atom. The van der Waals surface area contributed by atoms with Gasteiger partial charge in [0.05, 0.1) is 11.0 Å². The van der Waals surface area contributed by atoms with Crippen LogP contribution in [0.25, 0.3) is 94.7 Å². The van der Waals surface area contributed by atoms with Gasteiger partial charge in [-0.1, -0.05) is 140 Å². The van der Waals surface area contributed by atoms with Gasteiger partial charge >= 0.3 is 0 Å². The predicted molar refractivity (Wildman–Crippen MR) is 203 cm³/mol. The minimum Gasteiger partial charge on any atom is -0.456 e. The lowest BCUT2D eigenvalue weighted by atomic mass is 9.93. The van der Waals surface area contributed by atoms with Crippen LogP contribution < -0.4 is 0 Å². The minimum absolute atomic E-state index is 0.559. The van der Waals surface area contributed by atoms with Gasteiger partial charge in [-0.25, -0.2) is 4.98 Å². The Hall–Kier alpha value is -6.85. The van der Waals surface area contributed by atoms with Crippen molar-refractivity contribution >= 4 is 43.7 Å². The molecule has 5 heteroatoms. The van der Waals surface area contributed by atoms with Gasteiger partial charge in [-0.05, 0) is 52.6 Å². The number of para-hydroxylation sites is 2. The average molecular weight is 641 g/mol. The van der Waals surface area contributed by atoms with Crippen LogP contribution in [0.5, 0.6) is 0 Å². The van der Waals surface area contributed by atoms with Crippen LogP contribution in [0.2, 0.25) is 0 Å². The van der Waals surface area contributed by atoms with E-state index in [-0.39, 0.29) is 0 Å². The lowest BCUT2D eigenvalue weighted by molar-refractivity contribution is 0.669. The number of hydrogen-bond acceptors (Lipinski definition) is 4. The van der Waals surface area contributed by atoms with Gasteiger partial charge in [-0.2, -0.15) is 9.97 Å². The van der Waals surface area contributed by atoms with E-state index >= 15 is 0 Å². The fourth-order valence-corrected chi connectivity index (χ4v) is 7.23. The maximum Gasteiger partial charge on any atom is 0.238 e. The zero-order valence-corrected chi connectivity index (χ0v) is 26.9. The molecule has 50 heavy (non-hydrogen) atoms. The third-order valence-corrected chi connectivity index (χ3v) is 9.46. The Balaban J connectivity index is 1.28. The molecule has 0 unspecified atom stereocenters. The summed E-state index contributed by atoms with van der Waals surface area (Å²) in [4.78, 5) is 15.5. The summed E-state index contributed by atoms with van der Waals surface area (Å²) >= 11 is 0. The average Bonchev–Trinajstić information content (AvgIpc) is 3.74. The largest absolute Gasteiger partial charge is 0.456 e. The second-order valence-corrected chi connectivity index (χ2v) is 12.4. The van der Waals surface area contributed by atoms with Gasteiger partial charge in [0.1, 0.15) is 11.2 Å². The molecule has 3 aromatic heterocycles. The molecule has 234 valence electrons. The third-order valence-electron chi connectivity index (χ3n) is 9.46. The molecular weight excluding hydrogens is 613 g/mol. The lowest BCUT2D eigenvalue weighted by Gasteiger charge is -2.12. The first-order chi connectivity index (χ1) is 24.8. The summed E-state index contributed by atoms with van der Waals surface area (Å²) in [6.07, 6.45) is 0. The molecule has 0 saturated heterocycles. The second-order valence-electron chi connectivity index (χ2n) is 12.4. The molecule has 0 atom stereocenters. The fraction of sp³-hybridized carbons (Fsp3) is 0. The summed E-state index contributed by atoms with van der Waals surface area (Å²) < 4.78 is 8.84. The van der Waals surface area contributed by atoms with E-state index in [2.05, 4.69) is 126 Å². The number of benzene rings is 7. The van der Waals surface area contributed by atoms with Crippen molar-refractivity contribution in [3.8, 4) is 51.0 Å². The molecule has 10 aromatic rings. The highest BCUT2D eigenvalue weighted by molar-refractivity contribution is 6.18. The van der Waals surface area contributed by atoms with Gasteiger partial charge in [0.2, 0.25) is 5.95 Å². The minimum atomic E-state index is 0.559. The summed E-state index contributed by atoms with van der Waals surface area (Å²) in [7, 11) is 0. The molecule has 10 rings (SSSR count). The molecule has 0 aliphatic heterocycles. The highest BCUT2D eigenvalue weighted by Crippen LogP contribution is 2.43. The van der Waals surface area contributed by atoms with E-state index < -0.39 is 0 Å². The second kappa shape index (κ2) is 11.4. The van der Waals surface area contributed by atoms with E-state index in [1.807, 2.05) is 48.5 Å². The van der Waals surface area contributed by atoms with Gasteiger partial charge < -0.3 is 4.42 Å². The normalized spacial score (nSPS) is 11.6. The number of hydrogen-bond donors (Lipinski definition) is 0. The Bertz CT molecular complexity index is 2800. The lowest BCUT2D eigenvalue weighted by Crippen LogP contribution is -2.06. The van der Waals surface area contributed by atoms with Crippen LogP contribution in [0.15, 0.2) is 174 Å². The topological polar surface area (TPSA) is 56.7 Å². The highest BCUT2D eigenvalue weighted by atomic mass is 16.3. The van der Waals surface area contributed by atoms with E-state index in [4.69, 9.17) is 19.4 Å². The van der Waals surface area contributed by atoms with Crippen molar-refractivity contribution in [2.24, 2.45) is 0 Å². The van der Waals surface area contributed by atoms with E-state index in [1.165, 1.54) is 0 Å². The quantitative estimate of drug-likeness (QED) is 0.188. The monoisotopic (exact) mass is 640 g/mol. The molecule has 3 heterocycles. The Morgan fingerprint density at radius 1 is 0.380 bits per heavy atom. The van der Waals surface area contributed by atoms with E-state index in [0.29, 0.717) is 17.6 Å². The fourth-order valence-electron chi connectivity index (χ4n) is 7.23. The van der Waals surface area contributed by atoms with Crippen LogP contribution in [-0.4, -0.2) is 19.5 Å². The third kappa shape index (κ3) is 4.52. The Morgan fingerprint density at radius 2 is 0.900 bits per heavy atom. The van der Waals surface area contributed by atoms with Gasteiger partial charge in [-0.15, -0.1) is 0 Å². The van der Waals surface area contributed by atoms with E-state index in [9.17, 15) is 0 Å². The highest BCUT2D eigenvalue weighted by Gasteiger charge is 2.21. The summed E-state index contributed by atoms with van der Waals surface area (Å²) in [6.45, 7) is 0. The molecule has 0 N–H and O–H groups in total. The van der Waals surface area contributed by atoms with Crippen LogP contribution in [0.3, 0.4) is 0 Å². The van der Waals surface area contributed by atoms with Crippen molar-refractivity contribution in [2.45, 2.75) is 0 Å². The molecule has 0 amide bonds. The number of rotatable bonds is 5. The first kappa shape index (κ1) is 28.2. The first-order valence-corrected chi connectivity index (χ1v) is 16.7. The van der Waals surface area contributed by atoms with Crippen molar-refractivity contribution in [2.75, 3.05) is 0 Å². The van der Waals surface area contributed by atoms with Gasteiger partial charge in [0.15, 0.2) is 11.6 Å². The van der Waals surface area contributed by atoms with Crippen LogP contribution in [0, 0.1) is 0 Å². The Labute approximate surface area is 287 Å². The van der Waals surface area contributed by atoms with Crippen molar-refractivity contribution in [3.05, 3.63) is 170 Å². The van der Waals surface area contributed by atoms with Crippen LogP contribution in [0.4, 0.5) is 0 Å². The molecule has 0 bridgehead atoms. The number of furan rings is 1. The SMILES string of the molecule is c1ccc(-c2nc(-c3cc(-c4ccccc4)c4c(c3)oc3cccc(-c5ccccc5)c34)nc(-n3c4ccccc4c4ccccc43)n2)cc1. The zero-order valence-electron chi connectivity index (χ0n) is 26.9. The first-order valence-electron chi connectivity index (χ1n) is 16.7. The summed E-state index contributed by atoms with van der Waals surface area (Å²) in [6, 6.07) is 58.5. The molecule has 0 spiro atoms. The number of fused-ring (bicyclic) bond motifs is 6. The predicted octanol–water partition coefficient (Wildman–Crippen LogP) is 11.5. The molecule has 7 aromatic carbocycles. The maximum absolute atomic E-state index is 6.70. The van der Waals surface area contributed by atoms with Crippen LogP contribution >= 0.6 is 0 Å². The van der Waals surface area contributed by atoms with E-state index in [0.717, 1.165) is 77.1 Å². The molecule has 0 fully saturated rings. The summed E-state index contributed by atoms with van der Waals surface area (Å²) in [5.41, 5.74) is 9.87.